The van der Waals surface area contributed by atoms with Gasteiger partial charge in [0.1, 0.15) is 0 Å². The first kappa shape index (κ1) is 15.2. The molecule has 2 N–H and O–H groups in total. The Morgan fingerprint density at radius 2 is 2.33 bits per heavy atom. The summed E-state index contributed by atoms with van der Waals surface area (Å²) in [7, 11) is 0. The number of rotatable bonds is 7. The summed E-state index contributed by atoms with van der Waals surface area (Å²) in [5.41, 5.74) is 0. The molecule has 0 bridgehead atoms. The van der Waals surface area contributed by atoms with Crippen molar-refractivity contribution in [3.63, 3.8) is 0 Å². The number of aliphatic hydroxyl groups is 1. The summed E-state index contributed by atoms with van der Waals surface area (Å²) in [5, 5.41) is 11.9. The molecule has 0 aromatic carbocycles. The Kier molecular flexibility index (Phi) is 7.05. The zero-order chi connectivity index (χ0) is 13.4. The van der Waals surface area contributed by atoms with Crippen LogP contribution in [0.25, 0.3) is 0 Å². The van der Waals surface area contributed by atoms with Crippen LogP contribution in [-0.4, -0.2) is 55.5 Å². The van der Waals surface area contributed by atoms with Gasteiger partial charge in [-0.3, -0.25) is 0 Å². The molecule has 0 aromatic heterocycles. The van der Waals surface area contributed by atoms with Crippen molar-refractivity contribution in [1.29, 1.82) is 0 Å². The van der Waals surface area contributed by atoms with Gasteiger partial charge in [-0.25, -0.2) is 4.79 Å². The van der Waals surface area contributed by atoms with Crippen LogP contribution in [0.4, 0.5) is 4.79 Å². The molecular formula is C13H26N2O3. The van der Waals surface area contributed by atoms with Crippen molar-refractivity contribution >= 4 is 6.03 Å². The number of nitrogens with one attached hydrogen (secondary N) is 1. The van der Waals surface area contributed by atoms with Gasteiger partial charge in [-0.15, -0.1) is 0 Å². The number of carbonyl (C=O) groups excluding carboxylic acids is 1. The number of ether oxygens (including phenoxy) is 1. The van der Waals surface area contributed by atoms with Gasteiger partial charge in [-0.05, 0) is 18.8 Å². The molecule has 5 heteroatoms. The second kappa shape index (κ2) is 8.32. The summed E-state index contributed by atoms with van der Waals surface area (Å²) in [5.74, 6) is 0.810. The van der Waals surface area contributed by atoms with Crippen LogP contribution >= 0.6 is 0 Å². The predicted molar refractivity (Wildman–Crippen MR) is 70.4 cm³/mol. The van der Waals surface area contributed by atoms with Crippen molar-refractivity contribution < 1.29 is 14.6 Å². The molecule has 18 heavy (non-hydrogen) atoms. The Morgan fingerprint density at radius 1 is 1.56 bits per heavy atom. The molecule has 1 unspecified atom stereocenters. The van der Waals surface area contributed by atoms with Crippen LogP contribution in [0.1, 0.15) is 26.7 Å². The van der Waals surface area contributed by atoms with E-state index in [0.29, 0.717) is 25.6 Å². The number of aliphatic hydroxyl groups excluding tert-OH is 1. The molecule has 1 atom stereocenters. The zero-order valence-corrected chi connectivity index (χ0v) is 11.5. The summed E-state index contributed by atoms with van der Waals surface area (Å²) in [6.45, 7) is 7.95. The van der Waals surface area contributed by atoms with E-state index in [4.69, 9.17) is 9.84 Å². The number of hydrogen-bond donors (Lipinski definition) is 2. The molecule has 1 saturated heterocycles. The maximum Gasteiger partial charge on any atom is 0.317 e. The van der Waals surface area contributed by atoms with Crippen molar-refractivity contribution in [1.82, 2.24) is 10.2 Å². The minimum atomic E-state index is -0.0187. The minimum Gasteiger partial charge on any atom is -0.396 e. The summed E-state index contributed by atoms with van der Waals surface area (Å²) >= 11 is 0. The Balaban J connectivity index is 2.00. The lowest BCUT2D eigenvalue weighted by Gasteiger charge is -2.17. The third-order valence-electron chi connectivity index (χ3n) is 3.02. The van der Waals surface area contributed by atoms with Gasteiger partial charge < -0.3 is 20.1 Å². The Bertz CT molecular complexity index is 246. The first-order valence-corrected chi connectivity index (χ1v) is 6.85. The Morgan fingerprint density at radius 3 is 2.94 bits per heavy atom. The monoisotopic (exact) mass is 258 g/mol. The van der Waals surface area contributed by atoms with Crippen LogP contribution in [0.5, 0.6) is 0 Å². The van der Waals surface area contributed by atoms with E-state index >= 15 is 0 Å². The van der Waals surface area contributed by atoms with E-state index in [1.54, 1.807) is 4.90 Å². The molecule has 0 radical (unpaired) electrons. The Labute approximate surface area is 109 Å². The van der Waals surface area contributed by atoms with Crippen molar-refractivity contribution in [2.75, 3.05) is 39.5 Å². The lowest BCUT2D eigenvalue weighted by Crippen LogP contribution is -2.39. The Hall–Kier alpha value is -0.810. The number of urea groups is 1. The number of hydrogen-bond acceptors (Lipinski definition) is 3. The number of nitrogens with zero attached hydrogens (tertiary/aromatic N) is 1. The maximum atomic E-state index is 11.7. The molecule has 1 fully saturated rings. The quantitative estimate of drug-likeness (QED) is 0.672. The minimum absolute atomic E-state index is 0.0187. The SMILES string of the molecule is CC(C)COCCCNC(=O)N1CCC(CO)C1. The third kappa shape index (κ3) is 5.69. The van der Waals surface area contributed by atoms with Crippen LogP contribution in [0.3, 0.4) is 0 Å². The highest BCUT2D eigenvalue weighted by atomic mass is 16.5. The summed E-state index contributed by atoms with van der Waals surface area (Å²) in [4.78, 5) is 13.5. The van der Waals surface area contributed by atoms with E-state index in [0.717, 1.165) is 26.0 Å². The number of likely N-dealkylation sites (tertiary alicyclic amines) is 1. The second-order valence-corrected chi connectivity index (χ2v) is 5.34. The molecule has 0 saturated carbocycles. The van der Waals surface area contributed by atoms with Gasteiger partial charge in [0.05, 0.1) is 0 Å². The third-order valence-corrected chi connectivity index (χ3v) is 3.02. The smallest absolute Gasteiger partial charge is 0.317 e. The summed E-state index contributed by atoms with van der Waals surface area (Å²) < 4.78 is 5.44. The average Bonchev–Trinajstić information content (AvgIpc) is 2.81. The van der Waals surface area contributed by atoms with Crippen LogP contribution in [0, 0.1) is 11.8 Å². The van der Waals surface area contributed by atoms with Crippen molar-refractivity contribution in [2.45, 2.75) is 26.7 Å². The summed E-state index contributed by atoms with van der Waals surface area (Å²) in [6.07, 6.45) is 1.75. The van der Waals surface area contributed by atoms with E-state index in [2.05, 4.69) is 19.2 Å². The molecule has 1 rings (SSSR count). The van der Waals surface area contributed by atoms with Crippen LogP contribution < -0.4 is 5.32 Å². The first-order chi connectivity index (χ1) is 8.63. The van der Waals surface area contributed by atoms with Gasteiger partial charge in [-0.1, -0.05) is 13.8 Å². The lowest BCUT2D eigenvalue weighted by molar-refractivity contribution is 0.108. The van der Waals surface area contributed by atoms with Gasteiger partial charge in [0, 0.05) is 45.4 Å². The fraction of sp³-hybridized carbons (Fsp3) is 0.923. The van der Waals surface area contributed by atoms with Crippen molar-refractivity contribution in [2.24, 2.45) is 11.8 Å². The largest absolute Gasteiger partial charge is 0.396 e. The van der Waals surface area contributed by atoms with Gasteiger partial charge in [-0.2, -0.15) is 0 Å². The normalized spacial score (nSPS) is 19.6. The molecule has 0 aromatic rings. The van der Waals surface area contributed by atoms with Crippen LogP contribution in [0.2, 0.25) is 0 Å². The number of carbonyl (C=O) groups is 1. The van der Waals surface area contributed by atoms with Gasteiger partial charge in [0.25, 0.3) is 0 Å². The average molecular weight is 258 g/mol. The highest BCUT2D eigenvalue weighted by molar-refractivity contribution is 5.74. The van der Waals surface area contributed by atoms with E-state index in [1.165, 1.54) is 0 Å². The van der Waals surface area contributed by atoms with E-state index in [-0.39, 0.29) is 18.6 Å². The predicted octanol–water partition coefficient (Wildman–Crippen LogP) is 1.07. The van der Waals surface area contributed by atoms with Gasteiger partial charge in [0.2, 0.25) is 0 Å². The maximum absolute atomic E-state index is 11.7. The number of amides is 2. The zero-order valence-electron chi connectivity index (χ0n) is 11.5. The molecule has 1 heterocycles. The van der Waals surface area contributed by atoms with Gasteiger partial charge >= 0.3 is 6.03 Å². The molecule has 1 aliphatic heterocycles. The molecular weight excluding hydrogens is 232 g/mol. The fourth-order valence-electron chi connectivity index (χ4n) is 1.97. The van der Waals surface area contributed by atoms with Crippen LogP contribution in [0.15, 0.2) is 0 Å². The highest BCUT2D eigenvalue weighted by Gasteiger charge is 2.25. The lowest BCUT2D eigenvalue weighted by atomic mass is 10.1. The van der Waals surface area contributed by atoms with E-state index in [1.807, 2.05) is 0 Å². The van der Waals surface area contributed by atoms with E-state index < -0.39 is 0 Å². The highest BCUT2D eigenvalue weighted by Crippen LogP contribution is 2.14. The van der Waals surface area contributed by atoms with Crippen molar-refractivity contribution in [3.05, 3.63) is 0 Å². The second-order valence-electron chi connectivity index (χ2n) is 5.34. The molecule has 1 aliphatic rings. The molecule has 5 nitrogen and oxygen atoms in total. The molecule has 106 valence electrons. The first-order valence-electron chi connectivity index (χ1n) is 6.85. The van der Waals surface area contributed by atoms with Crippen LogP contribution in [-0.2, 0) is 4.74 Å². The summed E-state index contributed by atoms with van der Waals surface area (Å²) in [6, 6.07) is -0.0187. The topological polar surface area (TPSA) is 61.8 Å². The fourth-order valence-corrected chi connectivity index (χ4v) is 1.97. The van der Waals surface area contributed by atoms with E-state index in [9.17, 15) is 4.79 Å². The van der Waals surface area contributed by atoms with Gasteiger partial charge in [0.15, 0.2) is 0 Å². The molecule has 0 spiro atoms. The van der Waals surface area contributed by atoms with Crippen molar-refractivity contribution in [3.8, 4) is 0 Å². The molecule has 0 aliphatic carbocycles. The standard InChI is InChI=1S/C13H26N2O3/c1-11(2)10-18-7-3-5-14-13(17)15-6-4-12(8-15)9-16/h11-12,16H,3-10H2,1-2H3,(H,14,17). The molecule has 2 amide bonds.